The van der Waals surface area contributed by atoms with Crippen LogP contribution in [-0.2, 0) is 0 Å². The lowest BCUT2D eigenvalue weighted by Gasteiger charge is -2.29. The molecule has 6 nitrogen and oxygen atoms in total. The van der Waals surface area contributed by atoms with Gasteiger partial charge < -0.3 is 20.9 Å². The summed E-state index contributed by atoms with van der Waals surface area (Å²) in [5, 5.41) is 3.57. The van der Waals surface area contributed by atoms with Gasteiger partial charge in [-0.1, -0.05) is 11.3 Å². The number of aromatic nitrogens is 1. The van der Waals surface area contributed by atoms with E-state index in [2.05, 4.69) is 15.2 Å². The molecule has 7 heteroatoms. The van der Waals surface area contributed by atoms with E-state index in [0.29, 0.717) is 22.4 Å². The van der Waals surface area contributed by atoms with E-state index in [1.165, 1.54) is 11.3 Å². The summed E-state index contributed by atoms with van der Waals surface area (Å²) in [7, 11) is 5.75. The van der Waals surface area contributed by atoms with E-state index in [-0.39, 0.29) is 11.9 Å². The van der Waals surface area contributed by atoms with Crippen molar-refractivity contribution in [1.29, 1.82) is 0 Å². The highest BCUT2D eigenvalue weighted by Gasteiger charge is 2.24. The van der Waals surface area contributed by atoms with Gasteiger partial charge in [0.25, 0.3) is 5.91 Å². The Kier molecular flexibility index (Phi) is 5.56. The minimum atomic E-state index is -0.0478. The average Bonchev–Trinajstić information content (AvgIpc) is 2.70. The standard InChI is InChI=1S/C12H23N5OS/c1-6-17(8(2)7-16(4)5)11(18)9-10(13)15-12(14-3)19-9/h8H,6-7,13H2,1-5H3,(H,14,15). The maximum Gasteiger partial charge on any atom is 0.268 e. The van der Waals surface area contributed by atoms with Gasteiger partial charge in [-0.2, -0.15) is 0 Å². The van der Waals surface area contributed by atoms with E-state index in [4.69, 9.17) is 5.73 Å². The van der Waals surface area contributed by atoms with Crippen LogP contribution >= 0.6 is 11.3 Å². The molecule has 108 valence electrons. The van der Waals surface area contributed by atoms with E-state index in [9.17, 15) is 4.79 Å². The van der Waals surface area contributed by atoms with Gasteiger partial charge in [-0.05, 0) is 27.9 Å². The molecule has 1 rings (SSSR count). The number of likely N-dealkylation sites (N-methyl/N-ethyl adjacent to an activating group) is 2. The second-order valence-electron chi connectivity index (χ2n) is 4.69. The minimum Gasteiger partial charge on any atom is -0.382 e. The zero-order chi connectivity index (χ0) is 14.6. The molecule has 1 aromatic rings. The number of rotatable bonds is 6. The Balaban J connectivity index is 2.91. The number of nitrogens with one attached hydrogen (secondary N) is 1. The molecule has 0 radical (unpaired) electrons. The first kappa shape index (κ1) is 15.7. The maximum atomic E-state index is 12.5. The van der Waals surface area contributed by atoms with Crippen molar-refractivity contribution in [3.8, 4) is 0 Å². The summed E-state index contributed by atoms with van der Waals surface area (Å²) < 4.78 is 0. The highest BCUT2D eigenvalue weighted by Crippen LogP contribution is 2.26. The van der Waals surface area contributed by atoms with Gasteiger partial charge in [-0.15, -0.1) is 0 Å². The van der Waals surface area contributed by atoms with E-state index < -0.39 is 0 Å². The number of carbonyl (C=O) groups excluding carboxylic acids is 1. The third kappa shape index (κ3) is 3.81. The quantitative estimate of drug-likeness (QED) is 0.821. The van der Waals surface area contributed by atoms with Gasteiger partial charge in [-0.25, -0.2) is 4.98 Å². The van der Waals surface area contributed by atoms with Crippen LogP contribution in [0.3, 0.4) is 0 Å². The lowest BCUT2D eigenvalue weighted by atomic mass is 10.2. The van der Waals surface area contributed by atoms with Crippen molar-refractivity contribution in [2.75, 3.05) is 45.3 Å². The molecule has 1 amide bonds. The molecule has 0 saturated heterocycles. The number of nitrogens with two attached hydrogens (primary N) is 1. The lowest BCUT2D eigenvalue weighted by Crippen LogP contribution is -2.43. The molecule has 0 spiro atoms. The Hall–Kier alpha value is -1.34. The number of hydrogen-bond donors (Lipinski definition) is 2. The number of hydrogen-bond acceptors (Lipinski definition) is 6. The predicted octanol–water partition coefficient (Wildman–Crippen LogP) is 1.18. The fourth-order valence-electron chi connectivity index (χ4n) is 2.00. The van der Waals surface area contributed by atoms with Crippen LogP contribution in [0.15, 0.2) is 0 Å². The van der Waals surface area contributed by atoms with Crippen LogP contribution in [-0.4, -0.2) is 61.0 Å². The van der Waals surface area contributed by atoms with Crippen molar-refractivity contribution < 1.29 is 4.79 Å². The van der Waals surface area contributed by atoms with Crippen LogP contribution in [0.25, 0.3) is 0 Å². The molecule has 0 aromatic carbocycles. The Morgan fingerprint density at radius 1 is 1.53 bits per heavy atom. The fourth-order valence-corrected chi connectivity index (χ4v) is 2.80. The summed E-state index contributed by atoms with van der Waals surface area (Å²) in [6, 6.07) is 0.132. The Morgan fingerprint density at radius 2 is 2.16 bits per heavy atom. The summed E-state index contributed by atoms with van der Waals surface area (Å²) in [5.41, 5.74) is 5.81. The summed E-state index contributed by atoms with van der Waals surface area (Å²) in [6.07, 6.45) is 0. The molecule has 1 atom stereocenters. The maximum absolute atomic E-state index is 12.5. The largest absolute Gasteiger partial charge is 0.382 e. The number of carbonyl (C=O) groups is 1. The summed E-state index contributed by atoms with van der Waals surface area (Å²) in [5.74, 6) is 0.253. The fraction of sp³-hybridized carbons (Fsp3) is 0.667. The number of anilines is 2. The molecular formula is C12H23N5OS. The molecule has 1 unspecified atom stereocenters. The van der Waals surface area contributed by atoms with E-state index in [1.807, 2.05) is 32.8 Å². The third-order valence-electron chi connectivity index (χ3n) is 2.82. The van der Waals surface area contributed by atoms with Crippen molar-refractivity contribution in [2.24, 2.45) is 0 Å². The van der Waals surface area contributed by atoms with E-state index in [0.717, 1.165) is 6.54 Å². The van der Waals surface area contributed by atoms with Crippen LogP contribution in [0.2, 0.25) is 0 Å². The van der Waals surface area contributed by atoms with Crippen LogP contribution in [0.5, 0.6) is 0 Å². The van der Waals surface area contributed by atoms with Crippen molar-refractivity contribution >= 4 is 28.2 Å². The summed E-state index contributed by atoms with van der Waals surface area (Å²) in [4.78, 5) is 21.0. The van der Waals surface area contributed by atoms with Crippen molar-refractivity contribution in [1.82, 2.24) is 14.8 Å². The van der Waals surface area contributed by atoms with Crippen LogP contribution in [0.1, 0.15) is 23.5 Å². The normalized spacial score (nSPS) is 12.5. The zero-order valence-electron chi connectivity index (χ0n) is 12.2. The van der Waals surface area contributed by atoms with Crippen molar-refractivity contribution in [3.63, 3.8) is 0 Å². The first-order valence-electron chi connectivity index (χ1n) is 6.30. The van der Waals surface area contributed by atoms with Crippen molar-refractivity contribution in [3.05, 3.63) is 4.88 Å². The average molecular weight is 285 g/mol. The van der Waals surface area contributed by atoms with Gasteiger partial charge in [0.05, 0.1) is 0 Å². The van der Waals surface area contributed by atoms with Gasteiger partial charge in [-0.3, -0.25) is 4.79 Å². The molecule has 0 aliphatic carbocycles. The molecule has 3 N–H and O–H groups in total. The molecule has 1 heterocycles. The van der Waals surface area contributed by atoms with E-state index in [1.54, 1.807) is 7.05 Å². The number of nitrogen functional groups attached to an aromatic ring is 1. The van der Waals surface area contributed by atoms with Gasteiger partial charge in [0, 0.05) is 26.2 Å². The molecule has 0 aliphatic rings. The zero-order valence-corrected chi connectivity index (χ0v) is 13.0. The van der Waals surface area contributed by atoms with Crippen LogP contribution in [0.4, 0.5) is 10.9 Å². The van der Waals surface area contributed by atoms with Crippen LogP contribution in [0, 0.1) is 0 Å². The monoisotopic (exact) mass is 285 g/mol. The summed E-state index contributed by atoms with van der Waals surface area (Å²) >= 11 is 1.30. The molecule has 0 aliphatic heterocycles. The van der Waals surface area contributed by atoms with Gasteiger partial charge >= 0.3 is 0 Å². The predicted molar refractivity (Wildman–Crippen MR) is 80.8 cm³/mol. The minimum absolute atomic E-state index is 0.0478. The number of amides is 1. The first-order valence-corrected chi connectivity index (χ1v) is 7.12. The Bertz CT molecular complexity index is 432. The van der Waals surface area contributed by atoms with E-state index >= 15 is 0 Å². The molecule has 0 saturated carbocycles. The second-order valence-corrected chi connectivity index (χ2v) is 5.68. The van der Waals surface area contributed by atoms with Crippen molar-refractivity contribution in [2.45, 2.75) is 19.9 Å². The smallest absolute Gasteiger partial charge is 0.268 e. The highest BCUT2D eigenvalue weighted by atomic mass is 32.1. The number of thiazole rings is 1. The molecule has 0 fully saturated rings. The highest BCUT2D eigenvalue weighted by molar-refractivity contribution is 7.18. The molecular weight excluding hydrogens is 262 g/mol. The number of nitrogens with zero attached hydrogens (tertiary/aromatic N) is 3. The van der Waals surface area contributed by atoms with Gasteiger partial charge in [0.2, 0.25) is 0 Å². The van der Waals surface area contributed by atoms with Gasteiger partial charge in [0.15, 0.2) is 5.13 Å². The van der Waals surface area contributed by atoms with Crippen LogP contribution < -0.4 is 11.1 Å². The summed E-state index contributed by atoms with van der Waals surface area (Å²) in [6.45, 7) is 5.48. The Labute approximate surface area is 118 Å². The topological polar surface area (TPSA) is 74.5 Å². The molecule has 0 bridgehead atoms. The Morgan fingerprint density at radius 3 is 2.58 bits per heavy atom. The first-order chi connectivity index (χ1) is 8.90. The third-order valence-corrected chi connectivity index (χ3v) is 3.90. The molecule has 19 heavy (non-hydrogen) atoms. The SMILES string of the molecule is CCN(C(=O)c1sc(NC)nc1N)C(C)CN(C)C. The molecule has 1 aromatic heterocycles. The van der Waals surface area contributed by atoms with Gasteiger partial charge in [0.1, 0.15) is 10.7 Å². The lowest BCUT2D eigenvalue weighted by molar-refractivity contribution is 0.0685. The second kappa shape index (κ2) is 6.72.